The number of hydrogen-bond donors (Lipinski definition) is 1. The molecular weight excluding hydrogens is 318 g/mol. The molecule has 132 valence electrons. The van der Waals surface area contributed by atoms with Crippen LogP contribution in [0, 0.1) is 0 Å². The molecule has 1 amide bonds. The molecule has 1 atom stereocenters. The second-order valence-electron chi connectivity index (χ2n) is 6.13. The maximum atomic E-state index is 12.7. The van der Waals surface area contributed by atoms with Crippen molar-refractivity contribution in [2.24, 2.45) is 0 Å². The highest BCUT2D eigenvalue weighted by molar-refractivity contribution is 5.97. The summed E-state index contributed by atoms with van der Waals surface area (Å²) in [6, 6.07) is 11.7. The molecule has 0 fully saturated rings. The van der Waals surface area contributed by atoms with Crippen molar-refractivity contribution >= 4 is 5.91 Å². The van der Waals surface area contributed by atoms with E-state index in [1.165, 1.54) is 0 Å². The van der Waals surface area contributed by atoms with Crippen LogP contribution in [0.25, 0.3) is 0 Å². The summed E-state index contributed by atoms with van der Waals surface area (Å²) in [5.41, 5.74) is 2.79. The van der Waals surface area contributed by atoms with Gasteiger partial charge in [0, 0.05) is 11.6 Å². The highest BCUT2D eigenvalue weighted by Gasteiger charge is 2.24. The van der Waals surface area contributed by atoms with Gasteiger partial charge in [0.25, 0.3) is 5.91 Å². The Labute approximate surface area is 147 Å². The van der Waals surface area contributed by atoms with Crippen LogP contribution in [-0.4, -0.2) is 33.3 Å². The number of amides is 1. The van der Waals surface area contributed by atoms with E-state index in [4.69, 9.17) is 14.2 Å². The van der Waals surface area contributed by atoms with E-state index >= 15 is 0 Å². The second-order valence-corrected chi connectivity index (χ2v) is 6.13. The number of methoxy groups -OCH3 is 3. The van der Waals surface area contributed by atoms with E-state index in [1.54, 1.807) is 27.4 Å². The van der Waals surface area contributed by atoms with Crippen LogP contribution in [0.1, 0.15) is 27.9 Å². The highest BCUT2D eigenvalue weighted by Crippen LogP contribution is 2.32. The van der Waals surface area contributed by atoms with Crippen LogP contribution in [0.5, 0.6) is 17.2 Å². The Morgan fingerprint density at radius 1 is 1.04 bits per heavy atom. The summed E-state index contributed by atoms with van der Waals surface area (Å²) in [6.07, 6.45) is 2.44. The molecule has 3 rings (SSSR count). The molecule has 0 radical (unpaired) electrons. The number of carbonyl (C=O) groups is 1. The van der Waals surface area contributed by atoms with Crippen LogP contribution in [0.4, 0.5) is 0 Å². The van der Waals surface area contributed by atoms with Crippen molar-refractivity contribution in [3.8, 4) is 17.2 Å². The molecule has 1 aliphatic heterocycles. The molecule has 0 saturated heterocycles. The molecule has 0 saturated carbocycles. The van der Waals surface area contributed by atoms with Crippen LogP contribution in [0.3, 0.4) is 0 Å². The quantitative estimate of drug-likeness (QED) is 0.908. The molecular formula is C20H23NO4. The molecule has 1 aliphatic rings. The lowest BCUT2D eigenvalue weighted by atomic mass is 9.99. The van der Waals surface area contributed by atoms with Crippen LogP contribution >= 0.6 is 0 Å². The molecule has 0 aromatic heterocycles. The van der Waals surface area contributed by atoms with Crippen LogP contribution in [0.2, 0.25) is 0 Å². The van der Waals surface area contributed by atoms with Crippen LogP contribution in [-0.2, 0) is 12.8 Å². The minimum Gasteiger partial charge on any atom is -0.497 e. The van der Waals surface area contributed by atoms with E-state index in [-0.39, 0.29) is 11.9 Å². The van der Waals surface area contributed by atoms with Gasteiger partial charge in [0.2, 0.25) is 0 Å². The normalized spacial score (nSPS) is 16.4. The average molecular weight is 341 g/mol. The molecule has 1 heterocycles. The fourth-order valence-electron chi connectivity index (χ4n) is 3.24. The summed E-state index contributed by atoms with van der Waals surface area (Å²) in [6.45, 7) is 0. The minimum atomic E-state index is -0.0682. The highest BCUT2D eigenvalue weighted by atomic mass is 16.5. The SMILES string of the molecule is COc1cccc(CC2CCc3cc(OC)c(OC)cc3C(=O)N2)c1. The number of benzene rings is 2. The Morgan fingerprint density at radius 2 is 1.80 bits per heavy atom. The summed E-state index contributed by atoms with van der Waals surface area (Å²) in [5, 5.41) is 3.13. The first-order valence-electron chi connectivity index (χ1n) is 8.33. The summed E-state index contributed by atoms with van der Waals surface area (Å²) in [7, 11) is 4.83. The minimum absolute atomic E-state index is 0.0682. The predicted octanol–water partition coefficient (Wildman–Crippen LogP) is 3.00. The number of nitrogens with one attached hydrogen (secondary N) is 1. The molecule has 5 heteroatoms. The Bertz CT molecular complexity index is 772. The topological polar surface area (TPSA) is 56.8 Å². The van der Waals surface area contributed by atoms with E-state index in [1.807, 2.05) is 24.3 Å². The number of rotatable bonds is 5. The number of carbonyl (C=O) groups excluding carboxylic acids is 1. The standard InChI is InChI=1S/C20H23NO4/c1-23-16-6-4-5-13(10-16)9-15-8-7-14-11-18(24-2)19(25-3)12-17(14)20(22)21-15/h4-6,10-12,15H,7-9H2,1-3H3,(H,21,22). The molecule has 0 bridgehead atoms. The van der Waals surface area contributed by atoms with Crippen molar-refractivity contribution in [1.82, 2.24) is 5.32 Å². The Hall–Kier alpha value is -2.69. The van der Waals surface area contributed by atoms with Gasteiger partial charge in [0.1, 0.15) is 5.75 Å². The zero-order chi connectivity index (χ0) is 17.8. The Balaban J connectivity index is 1.81. The number of hydrogen-bond acceptors (Lipinski definition) is 4. The van der Waals surface area contributed by atoms with Gasteiger partial charge >= 0.3 is 0 Å². The molecule has 0 aliphatic carbocycles. The first-order valence-corrected chi connectivity index (χ1v) is 8.33. The first-order chi connectivity index (χ1) is 12.1. The predicted molar refractivity (Wildman–Crippen MR) is 95.8 cm³/mol. The average Bonchev–Trinajstić information content (AvgIpc) is 2.79. The van der Waals surface area contributed by atoms with Gasteiger partial charge in [-0.25, -0.2) is 0 Å². The summed E-state index contributed by atoms with van der Waals surface area (Å²) >= 11 is 0. The molecule has 0 spiro atoms. The van der Waals surface area contributed by atoms with Gasteiger partial charge in [-0.15, -0.1) is 0 Å². The van der Waals surface area contributed by atoms with E-state index in [0.717, 1.165) is 36.1 Å². The van der Waals surface area contributed by atoms with Crippen LogP contribution < -0.4 is 19.5 Å². The zero-order valence-corrected chi connectivity index (χ0v) is 14.8. The molecule has 2 aromatic carbocycles. The largest absolute Gasteiger partial charge is 0.497 e. The van der Waals surface area contributed by atoms with Gasteiger partial charge in [-0.2, -0.15) is 0 Å². The number of fused-ring (bicyclic) bond motifs is 1. The second kappa shape index (κ2) is 7.47. The number of aryl methyl sites for hydroxylation is 1. The van der Waals surface area contributed by atoms with Gasteiger partial charge in [-0.1, -0.05) is 12.1 Å². The maximum absolute atomic E-state index is 12.7. The lowest BCUT2D eigenvalue weighted by Gasteiger charge is -2.16. The van der Waals surface area contributed by atoms with Gasteiger partial charge < -0.3 is 19.5 Å². The molecule has 5 nitrogen and oxygen atoms in total. The van der Waals surface area contributed by atoms with E-state index in [2.05, 4.69) is 11.4 Å². The zero-order valence-electron chi connectivity index (χ0n) is 14.8. The van der Waals surface area contributed by atoms with E-state index in [0.29, 0.717) is 17.1 Å². The Kier molecular flexibility index (Phi) is 5.12. The third-order valence-corrected chi connectivity index (χ3v) is 4.57. The molecule has 1 unspecified atom stereocenters. The fourth-order valence-corrected chi connectivity index (χ4v) is 3.24. The summed E-state index contributed by atoms with van der Waals surface area (Å²) in [5.74, 6) is 1.99. The van der Waals surface area contributed by atoms with Crippen molar-refractivity contribution in [3.63, 3.8) is 0 Å². The van der Waals surface area contributed by atoms with Crippen molar-refractivity contribution in [2.45, 2.75) is 25.3 Å². The summed E-state index contributed by atoms with van der Waals surface area (Å²) < 4.78 is 16.0. The third kappa shape index (κ3) is 3.71. The number of ether oxygens (including phenoxy) is 3. The van der Waals surface area contributed by atoms with Crippen molar-refractivity contribution < 1.29 is 19.0 Å². The lowest BCUT2D eigenvalue weighted by molar-refractivity contribution is 0.0939. The van der Waals surface area contributed by atoms with Gasteiger partial charge in [-0.3, -0.25) is 4.79 Å². The monoisotopic (exact) mass is 341 g/mol. The molecule has 2 aromatic rings. The molecule has 25 heavy (non-hydrogen) atoms. The van der Waals surface area contributed by atoms with E-state index < -0.39 is 0 Å². The van der Waals surface area contributed by atoms with Gasteiger partial charge in [0.05, 0.1) is 21.3 Å². The van der Waals surface area contributed by atoms with Gasteiger partial charge in [0.15, 0.2) is 11.5 Å². The fraction of sp³-hybridized carbons (Fsp3) is 0.350. The van der Waals surface area contributed by atoms with Crippen molar-refractivity contribution in [2.75, 3.05) is 21.3 Å². The van der Waals surface area contributed by atoms with E-state index in [9.17, 15) is 4.79 Å². The Morgan fingerprint density at radius 3 is 2.52 bits per heavy atom. The smallest absolute Gasteiger partial charge is 0.251 e. The van der Waals surface area contributed by atoms with Gasteiger partial charge in [-0.05, 0) is 54.7 Å². The lowest BCUT2D eigenvalue weighted by Crippen LogP contribution is -2.35. The first kappa shape index (κ1) is 17.1. The third-order valence-electron chi connectivity index (χ3n) is 4.57. The van der Waals surface area contributed by atoms with Crippen molar-refractivity contribution in [1.29, 1.82) is 0 Å². The summed E-state index contributed by atoms with van der Waals surface area (Å²) in [4.78, 5) is 12.7. The maximum Gasteiger partial charge on any atom is 0.251 e. The van der Waals surface area contributed by atoms with Crippen molar-refractivity contribution in [3.05, 3.63) is 53.1 Å². The molecule has 1 N–H and O–H groups in total. The van der Waals surface area contributed by atoms with Crippen LogP contribution in [0.15, 0.2) is 36.4 Å².